The van der Waals surface area contributed by atoms with Crippen molar-refractivity contribution in [2.75, 3.05) is 40.0 Å². The van der Waals surface area contributed by atoms with E-state index in [0.717, 1.165) is 12.1 Å². The molecule has 2 aliphatic rings. The van der Waals surface area contributed by atoms with Crippen molar-refractivity contribution >= 4 is 11.6 Å². The van der Waals surface area contributed by atoms with Crippen LogP contribution in [0.25, 0.3) is 0 Å². The van der Waals surface area contributed by atoms with Gasteiger partial charge in [-0.05, 0) is 0 Å². The van der Waals surface area contributed by atoms with Crippen LogP contribution in [0.4, 0.5) is 0 Å². The maximum absolute atomic E-state index is 6.41. The van der Waals surface area contributed by atoms with E-state index >= 15 is 0 Å². The van der Waals surface area contributed by atoms with Crippen LogP contribution in [0.3, 0.4) is 0 Å². The molecule has 1 fully saturated rings. The molecule has 1 N–H and O–H groups in total. The van der Waals surface area contributed by atoms with Gasteiger partial charge in [0.2, 0.25) is 0 Å². The maximum atomic E-state index is 6.41. The Kier molecular flexibility index (Phi) is 3.68. The molecule has 0 amide bonds. The fourth-order valence-electron chi connectivity index (χ4n) is 2.35. The fourth-order valence-corrected chi connectivity index (χ4v) is 2.69. The number of rotatable bonds is 2. The monoisotopic (exact) mass is 285 g/mol. The first-order valence-electron chi connectivity index (χ1n) is 6.29. The van der Waals surface area contributed by atoms with E-state index in [1.54, 1.807) is 13.2 Å². The molecule has 0 spiro atoms. The van der Waals surface area contributed by atoms with Crippen molar-refractivity contribution in [3.63, 3.8) is 0 Å². The van der Waals surface area contributed by atoms with Crippen LogP contribution in [0, 0.1) is 0 Å². The highest BCUT2D eigenvalue weighted by molar-refractivity contribution is 6.33. The van der Waals surface area contributed by atoms with E-state index in [1.807, 2.05) is 0 Å². The molecule has 1 saturated heterocycles. The summed E-state index contributed by atoms with van der Waals surface area (Å²) in [5, 5.41) is 3.81. The number of ether oxygens (including phenoxy) is 4. The molecule has 6 heteroatoms. The third-order valence-electron chi connectivity index (χ3n) is 3.24. The highest BCUT2D eigenvalue weighted by atomic mass is 35.5. The van der Waals surface area contributed by atoms with Crippen molar-refractivity contribution < 1.29 is 18.9 Å². The summed E-state index contributed by atoms with van der Waals surface area (Å²) in [5.41, 5.74) is 0.808. The molecule has 0 aromatic heterocycles. The Morgan fingerprint density at radius 2 is 2.16 bits per heavy atom. The Morgan fingerprint density at radius 1 is 1.32 bits per heavy atom. The predicted molar refractivity (Wildman–Crippen MR) is 70.6 cm³/mol. The number of methoxy groups -OCH3 is 1. The third kappa shape index (κ3) is 2.33. The number of hydrogen-bond acceptors (Lipinski definition) is 5. The van der Waals surface area contributed by atoms with Crippen molar-refractivity contribution in [1.82, 2.24) is 5.32 Å². The van der Waals surface area contributed by atoms with Crippen LogP contribution in [0.5, 0.6) is 17.2 Å². The first-order chi connectivity index (χ1) is 9.31. The van der Waals surface area contributed by atoms with Gasteiger partial charge in [-0.2, -0.15) is 0 Å². The van der Waals surface area contributed by atoms with E-state index in [4.69, 9.17) is 30.5 Å². The van der Waals surface area contributed by atoms with Crippen LogP contribution in [0.1, 0.15) is 11.7 Å². The molecule has 1 aromatic carbocycles. The standard InChI is InChI=1S/C13H16ClNO4/c1-16-8-6-9-13(19-5-4-18-9)11(12(8)14)10-7-15-2-3-17-10/h6,10,15H,2-5,7H2,1H3. The van der Waals surface area contributed by atoms with Gasteiger partial charge in [0.25, 0.3) is 0 Å². The van der Waals surface area contributed by atoms with Gasteiger partial charge in [0, 0.05) is 19.2 Å². The Bertz CT molecular complexity index is 474. The highest BCUT2D eigenvalue weighted by Crippen LogP contribution is 2.47. The van der Waals surface area contributed by atoms with Crippen LogP contribution < -0.4 is 19.5 Å². The molecule has 1 aromatic rings. The smallest absolute Gasteiger partial charge is 0.168 e. The number of halogens is 1. The molecule has 0 bridgehead atoms. The molecule has 19 heavy (non-hydrogen) atoms. The summed E-state index contributed by atoms with van der Waals surface area (Å²) in [6.45, 7) is 3.23. The van der Waals surface area contributed by atoms with Crippen LogP contribution in [0.15, 0.2) is 6.07 Å². The van der Waals surface area contributed by atoms with E-state index in [9.17, 15) is 0 Å². The van der Waals surface area contributed by atoms with Crippen LogP contribution in [0.2, 0.25) is 5.02 Å². The summed E-state index contributed by atoms with van der Waals surface area (Å²) in [4.78, 5) is 0. The zero-order chi connectivity index (χ0) is 13.2. The average Bonchev–Trinajstić information content (AvgIpc) is 2.47. The van der Waals surface area contributed by atoms with Gasteiger partial charge in [-0.25, -0.2) is 0 Å². The zero-order valence-electron chi connectivity index (χ0n) is 10.7. The van der Waals surface area contributed by atoms with Crippen molar-refractivity contribution in [1.29, 1.82) is 0 Å². The summed E-state index contributed by atoms with van der Waals surface area (Å²) in [7, 11) is 1.58. The molecule has 0 saturated carbocycles. The van der Waals surface area contributed by atoms with Gasteiger partial charge in [-0.1, -0.05) is 11.6 Å². The molecular formula is C13H16ClNO4. The Hall–Kier alpha value is -1.17. The fraction of sp³-hybridized carbons (Fsp3) is 0.538. The second-order valence-corrected chi connectivity index (χ2v) is 4.77. The van der Waals surface area contributed by atoms with Crippen molar-refractivity contribution in [2.24, 2.45) is 0 Å². The third-order valence-corrected chi connectivity index (χ3v) is 3.63. The number of morpholine rings is 1. The lowest BCUT2D eigenvalue weighted by molar-refractivity contribution is 0.0244. The second-order valence-electron chi connectivity index (χ2n) is 4.39. The van der Waals surface area contributed by atoms with Gasteiger partial charge in [-0.15, -0.1) is 0 Å². The van der Waals surface area contributed by atoms with E-state index in [-0.39, 0.29) is 6.10 Å². The minimum atomic E-state index is -0.146. The van der Waals surface area contributed by atoms with Crippen molar-refractivity contribution in [3.05, 3.63) is 16.7 Å². The predicted octanol–water partition coefficient (Wildman–Crippen LogP) is 1.78. The summed E-state index contributed by atoms with van der Waals surface area (Å²) in [6.07, 6.45) is -0.146. The molecule has 0 aliphatic carbocycles. The Morgan fingerprint density at radius 3 is 2.89 bits per heavy atom. The van der Waals surface area contributed by atoms with Crippen LogP contribution in [-0.4, -0.2) is 40.0 Å². The first-order valence-corrected chi connectivity index (χ1v) is 6.67. The molecule has 104 valence electrons. The maximum Gasteiger partial charge on any atom is 0.168 e. The molecule has 2 heterocycles. The average molecular weight is 286 g/mol. The van der Waals surface area contributed by atoms with Gasteiger partial charge in [0.15, 0.2) is 11.5 Å². The molecule has 1 unspecified atom stereocenters. The van der Waals surface area contributed by atoms with Gasteiger partial charge >= 0.3 is 0 Å². The van der Waals surface area contributed by atoms with E-state index in [2.05, 4.69) is 5.32 Å². The summed E-state index contributed by atoms with van der Waals surface area (Å²) < 4.78 is 22.4. The first kappa shape index (κ1) is 12.8. The molecule has 0 radical (unpaired) electrons. The van der Waals surface area contributed by atoms with Crippen LogP contribution in [-0.2, 0) is 4.74 Å². The largest absolute Gasteiger partial charge is 0.495 e. The summed E-state index contributed by atoms with van der Waals surface area (Å²) in [5.74, 6) is 1.91. The molecule has 3 rings (SSSR count). The van der Waals surface area contributed by atoms with Crippen molar-refractivity contribution in [3.8, 4) is 17.2 Å². The minimum Gasteiger partial charge on any atom is -0.495 e. The van der Waals surface area contributed by atoms with Crippen molar-refractivity contribution in [2.45, 2.75) is 6.10 Å². The topological polar surface area (TPSA) is 49.0 Å². The van der Waals surface area contributed by atoms with Crippen LogP contribution >= 0.6 is 11.6 Å². The minimum absolute atomic E-state index is 0.146. The van der Waals surface area contributed by atoms with Gasteiger partial charge in [-0.3, -0.25) is 0 Å². The number of fused-ring (bicyclic) bond motifs is 1. The number of nitrogens with one attached hydrogen (secondary N) is 1. The molecular weight excluding hydrogens is 270 g/mol. The van der Waals surface area contributed by atoms with Gasteiger partial charge < -0.3 is 24.3 Å². The summed E-state index contributed by atoms with van der Waals surface area (Å²) >= 11 is 6.41. The zero-order valence-corrected chi connectivity index (χ0v) is 11.5. The lowest BCUT2D eigenvalue weighted by Gasteiger charge is -2.29. The molecule has 5 nitrogen and oxygen atoms in total. The number of hydrogen-bond donors (Lipinski definition) is 1. The second kappa shape index (κ2) is 5.45. The van der Waals surface area contributed by atoms with E-state index in [0.29, 0.717) is 48.6 Å². The molecule has 2 aliphatic heterocycles. The van der Waals surface area contributed by atoms with E-state index < -0.39 is 0 Å². The summed E-state index contributed by atoms with van der Waals surface area (Å²) in [6, 6.07) is 1.76. The SMILES string of the molecule is COc1cc2c(c(C3CNCCO3)c1Cl)OCCO2. The van der Waals surface area contributed by atoms with E-state index in [1.165, 1.54) is 0 Å². The lowest BCUT2D eigenvalue weighted by atomic mass is 10.0. The quantitative estimate of drug-likeness (QED) is 0.898. The number of benzene rings is 1. The Labute approximate surface area is 116 Å². The van der Waals surface area contributed by atoms with Gasteiger partial charge in [0.05, 0.1) is 24.3 Å². The van der Waals surface area contributed by atoms with Gasteiger partial charge in [0.1, 0.15) is 25.1 Å². The lowest BCUT2D eigenvalue weighted by Crippen LogP contribution is -2.34. The Balaban J connectivity index is 2.08. The highest BCUT2D eigenvalue weighted by Gasteiger charge is 2.29. The normalized spacial score (nSPS) is 22.1. The molecule has 1 atom stereocenters.